The summed E-state index contributed by atoms with van der Waals surface area (Å²) in [5.41, 5.74) is 5.64. The van der Waals surface area contributed by atoms with Gasteiger partial charge in [-0.2, -0.15) is 0 Å². The van der Waals surface area contributed by atoms with Crippen LogP contribution in [-0.4, -0.2) is 29.0 Å². The quantitative estimate of drug-likeness (QED) is 0.658. The van der Waals surface area contributed by atoms with E-state index >= 15 is 0 Å². The van der Waals surface area contributed by atoms with E-state index in [0.717, 1.165) is 24.7 Å². The zero-order chi connectivity index (χ0) is 11.4. The molecule has 0 amide bonds. The Morgan fingerprint density at radius 2 is 1.60 bits per heavy atom. The van der Waals surface area contributed by atoms with Crippen molar-refractivity contribution in [3.63, 3.8) is 0 Å². The molecule has 1 saturated carbocycles. The molecular weight excluding hydrogens is 190 g/mol. The van der Waals surface area contributed by atoms with Crippen molar-refractivity contribution in [1.29, 1.82) is 0 Å². The normalized spacial score (nSPS) is 31.6. The van der Waals surface area contributed by atoms with Crippen molar-refractivity contribution in [3.05, 3.63) is 0 Å². The van der Waals surface area contributed by atoms with Gasteiger partial charge in [-0.25, -0.2) is 0 Å². The van der Waals surface area contributed by atoms with Gasteiger partial charge in [0.2, 0.25) is 0 Å². The highest BCUT2D eigenvalue weighted by Gasteiger charge is 2.30. The third-order valence-corrected chi connectivity index (χ3v) is 3.89. The minimum atomic E-state index is -0.525. The van der Waals surface area contributed by atoms with Gasteiger partial charge in [-0.15, -0.1) is 0 Å². The topological polar surface area (TPSA) is 66.5 Å². The third kappa shape index (κ3) is 3.44. The molecule has 2 atom stereocenters. The van der Waals surface area contributed by atoms with E-state index in [-0.39, 0.29) is 6.61 Å². The predicted octanol–water partition coefficient (Wildman–Crippen LogP) is 1.13. The lowest BCUT2D eigenvalue weighted by molar-refractivity contribution is 0.0315. The Bertz CT molecular complexity index is 176. The summed E-state index contributed by atoms with van der Waals surface area (Å²) in [5.74, 6) is 1.84. The molecule has 90 valence electrons. The molecule has 1 rings (SSSR count). The Kier molecular flexibility index (Phi) is 5.03. The molecule has 0 bridgehead atoms. The molecule has 0 aliphatic heterocycles. The minimum absolute atomic E-state index is 0.120. The average Bonchev–Trinajstić information content (AvgIpc) is 2.27. The van der Waals surface area contributed by atoms with Crippen molar-refractivity contribution in [3.8, 4) is 0 Å². The second kappa shape index (κ2) is 5.83. The van der Waals surface area contributed by atoms with E-state index in [9.17, 15) is 5.11 Å². The summed E-state index contributed by atoms with van der Waals surface area (Å²) in [6.07, 6.45) is 3.97. The Labute approximate surface area is 92.7 Å². The highest BCUT2D eigenvalue weighted by Crippen LogP contribution is 2.35. The van der Waals surface area contributed by atoms with E-state index in [2.05, 4.69) is 13.8 Å². The van der Waals surface area contributed by atoms with Crippen LogP contribution in [0.25, 0.3) is 0 Å². The SMILES string of the molecule is CC(C)C1CCC([C@@H](O)[C@@H](N)CO)CC1. The first kappa shape index (κ1) is 12.9. The van der Waals surface area contributed by atoms with Gasteiger partial charge in [-0.05, 0) is 43.4 Å². The first-order valence-corrected chi connectivity index (χ1v) is 6.10. The highest BCUT2D eigenvalue weighted by atomic mass is 16.3. The molecule has 0 radical (unpaired) electrons. The van der Waals surface area contributed by atoms with E-state index in [1.165, 1.54) is 12.8 Å². The number of rotatable bonds is 4. The Balaban J connectivity index is 2.36. The number of hydrogen-bond acceptors (Lipinski definition) is 3. The molecule has 3 heteroatoms. The van der Waals surface area contributed by atoms with E-state index in [1.54, 1.807) is 0 Å². The first-order valence-electron chi connectivity index (χ1n) is 6.10. The van der Waals surface area contributed by atoms with Crippen LogP contribution in [0.1, 0.15) is 39.5 Å². The van der Waals surface area contributed by atoms with Crippen LogP contribution < -0.4 is 5.73 Å². The zero-order valence-corrected chi connectivity index (χ0v) is 9.89. The van der Waals surface area contributed by atoms with Crippen molar-refractivity contribution in [1.82, 2.24) is 0 Å². The molecule has 1 aliphatic carbocycles. The van der Waals surface area contributed by atoms with Gasteiger partial charge in [0.25, 0.3) is 0 Å². The van der Waals surface area contributed by atoms with E-state index in [0.29, 0.717) is 5.92 Å². The Morgan fingerprint density at radius 1 is 1.13 bits per heavy atom. The zero-order valence-electron chi connectivity index (χ0n) is 9.89. The van der Waals surface area contributed by atoms with Gasteiger partial charge in [-0.1, -0.05) is 13.8 Å². The number of hydrogen-bond donors (Lipinski definition) is 3. The van der Waals surface area contributed by atoms with Gasteiger partial charge in [0.05, 0.1) is 18.8 Å². The van der Waals surface area contributed by atoms with Crippen LogP contribution in [0.4, 0.5) is 0 Å². The van der Waals surface area contributed by atoms with Gasteiger partial charge in [0.15, 0.2) is 0 Å². The molecule has 3 nitrogen and oxygen atoms in total. The second-order valence-electron chi connectivity index (χ2n) is 5.26. The van der Waals surface area contributed by atoms with Crippen LogP contribution >= 0.6 is 0 Å². The van der Waals surface area contributed by atoms with Crippen molar-refractivity contribution < 1.29 is 10.2 Å². The van der Waals surface area contributed by atoms with Crippen molar-refractivity contribution in [2.45, 2.75) is 51.7 Å². The summed E-state index contributed by atoms with van der Waals surface area (Å²) in [7, 11) is 0. The molecule has 0 saturated heterocycles. The fourth-order valence-electron chi connectivity index (χ4n) is 2.61. The van der Waals surface area contributed by atoms with Gasteiger partial charge in [-0.3, -0.25) is 0 Å². The summed E-state index contributed by atoms with van der Waals surface area (Å²) >= 11 is 0. The molecule has 4 N–H and O–H groups in total. The maximum absolute atomic E-state index is 9.88. The molecule has 1 aliphatic rings. The van der Waals surface area contributed by atoms with E-state index in [4.69, 9.17) is 10.8 Å². The largest absolute Gasteiger partial charge is 0.395 e. The molecular formula is C12H25NO2. The molecule has 0 aromatic rings. The monoisotopic (exact) mass is 215 g/mol. The van der Waals surface area contributed by atoms with Crippen LogP contribution in [0, 0.1) is 17.8 Å². The van der Waals surface area contributed by atoms with Gasteiger partial charge in [0, 0.05) is 0 Å². The molecule has 1 fully saturated rings. The van der Waals surface area contributed by atoms with Crippen molar-refractivity contribution in [2.75, 3.05) is 6.61 Å². The molecule has 0 aromatic heterocycles. The van der Waals surface area contributed by atoms with Crippen LogP contribution in [0.5, 0.6) is 0 Å². The maximum Gasteiger partial charge on any atom is 0.0741 e. The predicted molar refractivity (Wildman–Crippen MR) is 61.4 cm³/mol. The second-order valence-corrected chi connectivity index (χ2v) is 5.26. The van der Waals surface area contributed by atoms with Crippen LogP contribution in [0.15, 0.2) is 0 Å². The number of aliphatic hydroxyl groups excluding tert-OH is 2. The van der Waals surface area contributed by atoms with Crippen LogP contribution in [-0.2, 0) is 0 Å². The molecule has 0 unspecified atom stereocenters. The number of aliphatic hydroxyl groups is 2. The first-order chi connectivity index (χ1) is 7.06. The standard InChI is InChI=1S/C12H25NO2/c1-8(2)9-3-5-10(6-4-9)12(15)11(13)7-14/h8-12,14-15H,3-7,13H2,1-2H3/t9?,10?,11-,12+/m0/s1. The average molecular weight is 215 g/mol. The lowest BCUT2D eigenvalue weighted by atomic mass is 9.74. The van der Waals surface area contributed by atoms with Gasteiger partial charge < -0.3 is 15.9 Å². The molecule has 15 heavy (non-hydrogen) atoms. The van der Waals surface area contributed by atoms with Crippen molar-refractivity contribution in [2.24, 2.45) is 23.5 Å². The summed E-state index contributed by atoms with van der Waals surface area (Å²) in [5, 5.41) is 18.8. The molecule has 0 aromatic carbocycles. The summed E-state index contributed by atoms with van der Waals surface area (Å²) in [6, 6.07) is -0.467. The van der Waals surface area contributed by atoms with Crippen LogP contribution in [0.2, 0.25) is 0 Å². The minimum Gasteiger partial charge on any atom is -0.395 e. The fraction of sp³-hybridized carbons (Fsp3) is 1.00. The lowest BCUT2D eigenvalue weighted by Crippen LogP contribution is -2.43. The highest BCUT2D eigenvalue weighted by molar-refractivity contribution is 4.83. The fourth-order valence-corrected chi connectivity index (χ4v) is 2.61. The van der Waals surface area contributed by atoms with Crippen molar-refractivity contribution >= 4 is 0 Å². The van der Waals surface area contributed by atoms with Gasteiger partial charge in [0.1, 0.15) is 0 Å². The van der Waals surface area contributed by atoms with E-state index < -0.39 is 12.1 Å². The van der Waals surface area contributed by atoms with Crippen LogP contribution in [0.3, 0.4) is 0 Å². The molecule has 0 spiro atoms. The smallest absolute Gasteiger partial charge is 0.0741 e. The van der Waals surface area contributed by atoms with E-state index in [1.807, 2.05) is 0 Å². The third-order valence-electron chi connectivity index (χ3n) is 3.89. The summed E-state index contributed by atoms with van der Waals surface area (Å²) < 4.78 is 0. The van der Waals surface area contributed by atoms with Gasteiger partial charge >= 0.3 is 0 Å². The lowest BCUT2D eigenvalue weighted by Gasteiger charge is -2.34. The summed E-state index contributed by atoms with van der Waals surface area (Å²) in [6.45, 7) is 4.41. The number of nitrogens with two attached hydrogens (primary N) is 1. The Hall–Kier alpha value is -0.120. The summed E-state index contributed by atoms with van der Waals surface area (Å²) in [4.78, 5) is 0. The maximum atomic E-state index is 9.88. The molecule has 0 heterocycles. The Morgan fingerprint density at radius 3 is 2.00 bits per heavy atom.